The summed E-state index contributed by atoms with van der Waals surface area (Å²) >= 11 is 0. The Morgan fingerprint density at radius 2 is 1.14 bits per heavy atom. The Bertz CT molecular complexity index is 571. The van der Waals surface area contributed by atoms with E-state index in [2.05, 4.69) is 48.1 Å². The van der Waals surface area contributed by atoms with Crippen molar-refractivity contribution in [2.45, 2.75) is 20.3 Å². The van der Waals surface area contributed by atoms with Gasteiger partial charge in [-0.15, -0.1) is 0 Å². The molecular weight excluding hydrogens is 256 g/mol. The minimum atomic E-state index is 0.819. The molecule has 2 aromatic rings. The molecule has 0 amide bonds. The van der Waals surface area contributed by atoms with Gasteiger partial charge in [-0.25, -0.2) is 0 Å². The third kappa shape index (κ3) is 4.99. The van der Waals surface area contributed by atoms with Crippen LogP contribution in [0.5, 0.6) is 0 Å². The summed E-state index contributed by atoms with van der Waals surface area (Å²) in [7, 11) is 0. The van der Waals surface area contributed by atoms with E-state index in [4.69, 9.17) is 0 Å². The molecule has 0 bridgehead atoms. The van der Waals surface area contributed by atoms with Gasteiger partial charge in [-0.05, 0) is 42.5 Å². The van der Waals surface area contributed by atoms with Crippen LogP contribution in [0.1, 0.15) is 28.7 Å². The van der Waals surface area contributed by atoms with E-state index in [1.54, 1.807) is 0 Å². The number of aliphatic imine (C=N–C) groups is 2. The van der Waals surface area contributed by atoms with Crippen LogP contribution in [0, 0.1) is 13.8 Å². The summed E-state index contributed by atoms with van der Waals surface area (Å²) in [5, 5.41) is 0. The van der Waals surface area contributed by atoms with Crippen molar-refractivity contribution in [2.75, 3.05) is 13.1 Å². The number of aryl methyl sites for hydroxylation is 2. The van der Waals surface area contributed by atoms with Crippen LogP contribution in [-0.4, -0.2) is 25.5 Å². The molecule has 0 saturated carbocycles. The third-order valence-corrected chi connectivity index (χ3v) is 3.41. The van der Waals surface area contributed by atoms with Gasteiger partial charge in [0.05, 0.1) is 0 Å². The molecule has 108 valence electrons. The molecule has 0 aliphatic carbocycles. The summed E-state index contributed by atoms with van der Waals surface area (Å²) in [6, 6.07) is 16.6. The molecule has 0 radical (unpaired) electrons. The van der Waals surface area contributed by atoms with Gasteiger partial charge in [0.2, 0.25) is 0 Å². The molecule has 2 rings (SSSR count). The van der Waals surface area contributed by atoms with Crippen LogP contribution < -0.4 is 0 Å². The van der Waals surface area contributed by atoms with Crippen LogP contribution in [0.4, 0.5) is 0 Å². The van der Waals surface area contributed by atoms with Crippen molar-refractivity contribution in [3.8, 4) is 0 Å². The second-order valence-electron chi connectivity index (χ2n) is 5.14. The van der Waals surface area contributed by atoms with Gasteiger partial charge in [0.1, 0.15) is 0 Å². The highest BCUT2D eigenvalue weighted by Crippen LogP contribution is 2.04. The Balaban J connectivity index is 1.73. The van der Waals surface area contributed by atoms with Gasteiger partial charge in [-0.1, -0.05) is 48.5 Å². The van der Waals surface area contributed by atoms with Crippen molar-refractivity contribution in [2.24, 2.45) is 9.98 Å². The van der Waals surface area contributed by atoms with E-state index in [-0.39, 0.29) is 0 Å². The van der Waals surface area contributed by atoms with Crippen molar-refractivity contribution < 1.29 is 0 Å². The van der Waals surface area contributed by atoms with Gasteiger partial charge in [0, 0.05) is 25.5 Å². The van der Waals surface area contributed by atoms with E-state index in [0.717, 1.165) is 19.5 Å². The first-order valence-electron chi connectivity index (χ1n) is 7.38. The monoisotopic (exact) mass is 278 g/mol. The van der Waals surface area contributed by atoms with Gasteiger partial charge in [-0.3, -0.25) is 9.98 Å². The van der Waals surface area contributed by atoms with Gasteiger partial charge >= 0.3 is 0 Å². The lowest BCUT2D eigenvalue weighted by molar-refractivity contribution is 0.850. The second kappa shape index (κ2) is 8.15. The Hall–Kier alpha value is -2.22. The lowest BCUT2D eigenvalue weighted by atomic mass is 10.1. The lowest BCUT2D eigenvalue weighted by Gasteiger charge is -1.99. The molecule has 2 nitrogen and oxygen atoms in total. The fraction of sp³-hybridized carbons (Fsp3) is 0.263. The highest BCUT2D eigenvalue weighted by atomic mass is 14.7. The van der Waals surface area contributed by atoms with Crippen LogP contribution in [0.25, 0.3) is 0 Å². The average molecular weight is 278 g/mol. The Labute approximate surface area is 127 Å². The number of rotatable bonds is 6. The van der Waals surface area contributed by atoms with Gasteiger partial charge < -0.3 is 0 Å². The summed E-state index contributed by atoms with van der Waals surface area (Å²) in [5.74, 6) is 0. The van der Waals surface area contributed by atoms with Gasteiger partial charge in [0.25, 0.3) is 0 Å². The maximum absolute atomic E-state index is 4.47. The zero-order valence-corrected chi connectivity index (χ0v) is 12.8. The molecule has 0 aliphatic rings. The SMILES string of the molecule is Cc1ccccc1C=NCCCN=Cc1ccccc1C. The fourth-order valence-electron chi connectivity index (χ4n) is 2.04. The minimum Gasteiger partial charge on any atom is -0.292 e. The Morgan fingerprint density at radius 3 is 1.57 bits per heavy atom. The van der Waals surface area contributed by atoms with Crippen LogP contribution in [0.15, 0.2) is 58.5 Å². The zero-order valence-electron chi connectivity index (χ0n) is 12.8. The highest BCUT2D eigenvalue weighted by molar-refractivity contribution is 5.82. The van der Waals surface area contributed by atoms with Gasteiger partial charge in [-0.2, -0.15) is 0 Å². The molecule has 0 spiro atoms. The molecular formula is C19H22N2. The first-order valence-corrected chi connectivity index (χ1v) is 7.38. The number of benzene rings is 2. The van der Waals surface area contributed by atoms with Crippen LogP contribution in [0.3, 0.4) is 0 Å². The lowest BCUT2D eigenvalue weighted by Crippen LogP contribution is -1.92. The summed E-state index contributed by atoms with van der Waals surface area (Å²) in [5.41, 5.74) is 4.92. The largest absolute Gasteiger partial charge is 0.292 e. The van der Waals surface area contributed by atoms with E-state index in [0.29, 0.717) is 0 Å². The maximum Gasteiger partial charge on any atom is 0.0407 e. The molecule has 0 N–H and O–H groups in total. The molecule has 0 aromatic heterocycles. The van der Waals surface area contributed by atoms with Crippen molar-refractivity contribution >= 4 is 12.4 Å². The molecule has 0 atom stereocenters. The van der Waals surface area contributed by atoms with Crippen molar-refractivity contribution in [3.05, 3.63) is 70.8 Å². The quantitative estimate of drug-likeness (QED) is 0.558. The first-order chi connectivity index (χ1) is 10.3. The fourth-order valence-corrected chi connectivity index (χ4v) is 2.04. The van der Waals surface area contributed by atoms with Crippen molar-refractivity contribution in [3.63, 3.8) is 0 Å². The molecule has 2 aromatic carbocycles. The molecule has 21 heavy (non-hydrogen) atoms. The summed E-state index contributed by atoms with van der Waals surface area (Å²) in [6.07, 6.45) is 4.89. The van der Waals surface area contributed by atoms with E-state index in [1.165, 1.54) is 22.3 Å². The molecule has 0 fully saturated rings. The number of hydrogen-bond acceptors (Lipinski definition) is 2. The van der Waals surface area contributed by atoms with Crippen LogP contribution in [0.2, 0.25) is 0 Å². The standard InChI is InChI=1S/C19H22N2/c1-16-8-3-5-10-18(16)14-20-12-7-13-21-15-19-11-6-4-9-17(19)2/h3-6,8-11,14-15H,7,12-13H2,1-2H3. The van der Waals surface area contributed by atoms with Crippen molar-refractivity contribution in [1.82, 2.24) is 0 Å². The molecule has 0 unspecified atom stereocenters. The smallest absolute Gasteiger partial charge is 0.0407 e. The van der Waals surface area contributed by atoms with Crippen LogP contribution >= 0.6 is 0 Å². The molecule has 0 saturated heterocycles. The Morgan fingerprint density at radius 1 is 0.714 bits per heavy atom. The summed E-state index contributed by atoms with van der Waals surface area (Å²) in [4.78, 5) is 8.93. The third-order valence-electron chi connectivity index (χ3n) is 3.41. The second-order valence-corrected chi connectivity index (χ2v) is 5.14. The predicted molar refractivity (Wildman–Crippen MR) is 91.9 cm³/mol. The normalized spacial score (nSPS) is 11.5. The topological polar surface area (TPSA) is 24.7 Å². The molecule has 2 heteroatoms. The highest BCUT2D eigenvalue weighted by Gasteiger charge is 1.92. The summed E-state index contributed by atoms with van der Waals surface area (Å²) in [6.45, 7) is 5.85. The molecule has 0 aliphatic heterocycles. The first kappa shape index (κ1) is 15.2. The van der Waals surface area contributed by atoms with E-state index in [1.807, 2.05) is 36.7 Å². The van der Waals surface area contributed by atoms with Gasteiger partial charge in [0.15, 0.2) is 0 Å². The number of nitrogens with zero attached hydrogens (tertiary/aromatic N) is 2. The zero-order chi connectivity index (χ0) is 14.9. The average Bonchev–Trinajstić information content (AvgIpc) is 2.50. The maximum atomic E-state index is 4.47. The van der Waals surface area contributed by atoms with E-state index >= 15 is 0 Å². The van der Waals surface area contributed by atoms with E-state index in [9.17, 15) is 0 Å². The summed E-state index contributed by atoms with van der Waals surface area (Å²) < 4.78 is 0. The number of hydrogen-bond donors (Lipinski definition) is 0. The van der Waals surface area contributed by atoms with Crippen molar-refractivity contribution in [1.29, 1.82) is 0 Å². The Kier molecular flexibility index (Phi) is 5.89. The predicted octanol–water partition coefficient (Wildman–Crippen LogP) is 4.23. The minimum absolute atomic E-state index is 0.819. The van der Waals surface area contributed by atoms with Crippen LogP contribution in [-0.2, 0) is 0 Å². The molecule has 0 heterocycles. The van der Waals surface area contributed by atoms with E-state index < -0.39 is 0 Å².